The van der Waals surface area contributed by atoms with Crippen LogP contribution in [0.5, 0.6) is 5.75 Å². The van der Waals surface area contributed by atoms with E-state index in [1.807, 2.05) is 71.0 Å². The molecule has 192 valence electrons. The number of hydrogen-bond acceptors (Lipinski definition) is 6. The minimum Gasteiger partial charge on any atom is -0.496 e. The predicted molar refractivity (Wildman–Crippen MR) is 145 cm³/mol. The van der Waals surface area contributed by atoms with Crippen molar-refractivity contribution < 1.29 is 18.4 Å². The maximum absolute atomic E-state index is 14.1. The van der Waals surface area contributed by atoms with Crippen LogP contribution in [0.15, 0.2) is 54.9 Å². The zero-order chi connectivity index (χ0) is 26.4. The Morgan fingerprint density at radius 2 is 1.70 bits per heavy atom. The first kappa shape index (κ1) is 25.2. The lowest BCUT2D eigenvalue weighted by Crippen LogP contribution is -2.41. The van der Waals surface area contributed by atoms with Gasteiger partial charge in [0.15, 0.2) is 0 Å². The number of aryl methyl sites for hydroxylation is 1. The third kappa shape index (κ3) is 4.81. The highest BCUT2D eigenvalue weighted by Crippen LogP contribution is 2.36. The molecule has 0 spiro atoms. The van der Waals surface area contributed by atoms with Crippen LogP contribution in [-0.2, 0) is 15.9 Å². The molecule has 2 aromatic carbocycles. The lowest BCUT2D eigenvalue weighted by molar-refractivity contribution is 0.00578. The van der Waals surface area contributed by atoms with Gasteiger partial charge in [-0.3, -0.25) is 0 Å². The molecule has 0 aliphatic carbocycles. The Morgan fingerprint density at radius 1 is 1.00 bits per heavy atom. The van der Waals surface area contributed by atoms with Crippen molar-refractivity contribution in [3.8, 4) is 17.0 Å². The van der Waals surface area contributed by atoms with Crippen molar-refractivity contribution in [2.45, 2.75) is 52.4 Å². The van der Waals surface area contributed by atoms with Gasteiger partial charge in [0.1, 0.15) is 23.7 Å². The van der Waals surface area contributed by atoms with Gasteiger partial charge in [0, 0.05) is 41.9 Å². The largest absolute Gasteiger partial charge is 0.496 e. The van der Waals surface area contributed by atoms with Crippen LogP contribution in [0.25, 0.3) is 22.2 Å². The van der Waals surface area contributed by atoms with E-state index in [0.717, 1.165) is 39.1 Å². The standard InChI is InChI=1S/C28H32BFN4O3/c1-18-13-22-24(14-21(30)15-25(22)35-6)34(18)12-11-31-26-16-23(32-17-33-26)19-7-9-20(10-8-19)29-36-27(2,3)28(4,5)37-29/h7-10,13-17H,11-12H2,1-6H3,(H,31,32,33). The summed E-state index contributed by atoms with van der Waals surface area (Å²) in [6.07, 6.45) is 1.55. The number of methoxy groups -OCH3 is 1. The smallest absolute Gasteiger partial charge is 0.494 e. The van der Waals surface area contributed by atoms with Crippen LogP contribution in [0.1, 0.15) is 33.4 Å². The first-order chi connectivity index (χ1) is 17.6. The van der Waals surface area contributed by atoms with Crippen LogP contribution in [0.4, 0.5) is 10.2 Å². The fourth-order valence-corrected chi connectivity index (χ4v) is 4.59. The highest BCUT2D eigenvalue weighted by molar-refractivity contribution is 6.62. The van der Waals surface area contributed by atoms with Crippen molar-refractivity contribution in [3.05, 3.63) is 66.4 Å². The summed E-state index contributed by atoms with van der Waals surface area (Å²) in [5, 5.41) is 4.26. The molecule has 7 nitrogen and oxygen atoms in total. The molecule has 0 radical (unpaired) electrons. The van der Waals surface area contributed by atoms with Crippen LogP contribution in [0.3, 0.4) is 0 Å². The van der Waals surface area contributed by atoms with Crippen molar-refractivity contribution in [1.29, 1.82) is 0 Å². The van der Waals surface area contributed by atoms with Crippen LogP contribution in [0.2, 0.25) is 0 Å². The number of aromatic nitrogens is 3. The van der Waals surface area contributed by atoms with E-state index < -0.39 is 7.12 Å². The third-order valence-corrected chi connectivity index (χ3v) is 7.42. The van der Waals surface area contributed by atoms with E-state index in [1.54, 1.807) is 19.5 Å². The molecule has 9 heteroatoms. The molecule has 5 rings (SSSR count). The first-order valence-corrected chi connectivity index (χ1v) is 12.4. The number of nitrogens with zero attached hydrogens (tertiary/aromatic N) is 3. The van der Waals surface area contributed by atoms with Gasteiger partial charge in [-0.1, -0.05) is 24.3 Å². The molecule has 1 aliphatic rings. The number of nitrogens with one attached hydrogen (secondary N) is 1. The Balaban J connectivity index is 1.27. The summed E-state index contributed by atoms with van der Waals surface area (Å²) in [5.74, 6) is 0.939. The summed E-state index contributed by atoms with van der Waals surface area (Å²) in [4.78, 5) is 8.82. The summed E-state index contributed by atoms with van der Waals surface area (Å²) in [6.45, 7) is 11.5. The Bertz CT molecular complexity index is 1420. The summed E-state index contributed by atoms with van der Waals surface area (Å²) >= 11 is 0. The van der Waals surface area contributed by atoms with Crippen molar-refractivity contribution in [2.24, 2.45) is 0 Å². The molecule has 0 unspecified atom stereocenters. The van der Waals surface area contributed by atoms with Crippen molar-refractivity contribution >= 4 is 29.3 Å². The van der Waals surface area contributed by atoms with Gasteiger partial charge < -0.3 is 23.9 Å². The van der Waals surface area contributed by atoms with Crippen molar-refractivity contribution in [2.75, 3.05) is 19.0 Å². The van der Waals surface area contributed by atoms with E-state index in [0.29, 0.717) is 18.8 Å². The highest BCUT2D eigenvalue weighted by atomic mass is 19.1. The lowest BCUT2D eigenvalue weighted by Gasteiger charge is -2.32. The molecule has 0 amide bonds. The van der Waals surface area contributed by atoms with Gasteiger partial charge in [-0.05, 0) is 52.2 Å². The molecule has 1 saturated heterocycles. The third-order valence-electron chi connectivity index (χ3n) is 7.42. The van der Waals surface area contributed by atoms with Crippen LogP contribution in [0, 0.1) is 12.7 Å². The molecule has 3 heterocycles. The topological polar surface area (TPSA) is 70.4 Å². The second-order valence-corrected chi connectivity index (χ2v) is 10.4. The van der Waals surface area contributed by atoms with E-state index in [-0.39, 0.29) is 17.0 Å². The van der Waals surface area contributed by atoms with Gasteiger partial charge in [-0.2, -0.15) is 0 Å². The lowest BCUT2D eigenvalue weighted by atomic mass is 9.79. The molecule has 4 aromatic rings. The Hall–Kier alpha value is -3.43. The molecule has 1 aliphatic heterocycles. The monoisotopic (exact) mass is 502 g/mol. The minimum absolute atomic E-state index is 0.318. The summed E-state index contributed by atoms with van der Waals surface area (Å²) < 4.78 is 33.9. The molecule has 0 bridgehead atoms. The van der Waals surface area contributed by atoms with Crippen molar-refractivity contribution in [1.82, 2.24) is 14.5 Å². The van der Waals surface area contributed by atoms with E-state index in [2.05, 4.69) is 19.9 Å². The average molecular weight is 502 g/mol. The number of benzene rings is 2. The van der Waals surface area contributed by atoms with Crippen LogP contribution in [-0.4, -0.2) is 46.5 Å². The van der Waals surface area contributed by atoms with E-state index in [1.165, 1.54) is 6.07 Å². The zero-order valence-electron chi connectivity index (χ0n) is 22.1. The Kier molecular flexibility index (Phi) is 6.46. The normalized spacial score (nSPS) is 16.4. The number of fused-ring (bicyclic) bond motifs is 1. The zero-order valence-corrected chi connectivity index (χ0v) is 22.1. The van der Waals surface area contributed by atoms with Gasteiger partial charge in [0.05, 0.1) is 29.5 Å². The second kappa shape index (κ2) is 9.47. The molecule has 2 aromatic heterocycles. The van der Waals surface area contributed by atoms with Crippen molar-refractivity contribution in [3.63, 3.8) is 0 Å². The predicted octanol–water partition coefficient (Wildman–Crippen LogP) is 4.97. The van der Waals surface area contributed by atoms with E-state index >= 15 is 0 Å². The highest BCUT2D eigenvalue weighted by Gasteiger charge is 2.51. The summed E-state index contributed by atoms with van der Waals surface area (Å²) in [6, 6.07) is 15.0. The number of ether oxygens (including phenoxy) is 1. The van der Waals surface area contributed by atoms with E-state index in [4.69, 9.17) is 14.0 Å². The molecule has 0 saturated carbocycles. The fraction of sp³-hybridized carbons (Fsp3) is 0.357. The van der Waals surface area contributed by atoms with Gasteiger partial charge in [0.2, 0.25) is 0 Å². The van der Waals surface area contributed by atoms with E-state index in [9.17, 15) is 4.39 Å². The molecule has 0 atom stereocenters. The maximum Gasteiger partial charge on any atom is 0.494 e. The number of halogens is 1. The van der Waals surface area contributed by atoms with Crippen LogP contribution >= 0.6 is 0 Å². The Morgan fingerprint density at radius 3 is 2.38 bits per heavy atom. The molecule has 1 fully saturated rings. The SMILES string of the molecule is COc1cc(F)cc2c1cc(C)n2CCNc1cc(-c2ccc(B3OC(C)(C)C(C)(C)O3)cc2)ncn1. The molecular weight excluding hydrogens is 470 g/mol. The molecule has 37 heavy (non-hydrogen) atoms. The summed E-state index contributed by atoms with van der Waals surface area (Å²) in [7, 11) is 1.16. The Labute approximate surface area is 217 Å². The number of rotatable bonds is 7. The number of hydrogen-bond donors (Lipinski definition) is 1. The quantitative estimate of drug-likeness (QED) is 0.360. The molecular formula is C28H32BFN4O3. The van der Waals surface area contributed by atoms with Gasteiger partial charge in [-0.15, -0.1) is 0 Å². The molecule has 1 N–H and O–H groups in total. The van der Waals surface area contributed by atoms with Crippen LogP contribution < -0.4 is 15.5 Å². The first-order valence-electron chi connectivity index (χ1n) is 12.4. The number of anilines is 1. The van der Waals surface area contributed by atoms with Gasteiger partial charge in [-0.25, -0.2) is 14.4 Å². The fourth-order valence-electron chi connectivity index (χ4n) is 4.59. The average Bonchev–Trinajstić information content (AvgIpc) is 3.29. The van der Waals surface area contributed by atoms with Gasteiger partial charge in [0.25, 0.3) is 0 Å². The van der Waals surface area contributed by atoms with Gasteiger partial charge >= 0.3 is 7.12 Å². The maximum atomic E-state index is 14.1. The minimum atomic E-state index is -0.400. The second-order valence-electron chi connectivity index (χ2n) is 10.4. The summed E-state index contributed by atoms with van der Waals surface area (Å²) in [5.41, 5.74) is 3.84.